The van der Waals surface area contributed by atoms with E-state index >= 15 is 0 Å². The van der Waals surface area contributed by atoms with Crippen molar-refractivity contribution in [3.05, 3.63) is 94.1 Å². The number of carbonyl (C=O) groups excluding carboxylic acids is 1. The number of hydrogen-bond donors (Lipinski definition) is 0. The van der Waals surface area contributed by atoms with Gasteiger partial charge in [0.1, 0.15) is 13.2 Å². The largest absolute Gasteiger partial charge is 0.459 e. The molecule has 1 heterocycles. The van der Waals surface area contributed by atoms with Gasteiger partial charge in [0.15, 0.2) is 5.43 Å². The Morgan fingerprint density at radius 2 is 1.52 bits per heavy atom. The van der Waals surface area contributed by atoms with Gasteiger partial charge < -0.3 is 9.30 Å². The van der Waals surface area contributed by atoms with Gasteiger partial charge in [-0.1, -0.05) is 54.1 Å². The van der Waals surface area contributed by atoms with Crippen LogP contribution in [0.2, 0.25) is 0 Å². The third-order valence-electron chi connectivity index (χ3n) is 4.65. The monoisotopic (exact) mass is 357 g/mol. The molecule has 1 aromatic heterocycles. The molecule has 0 aliphatic rings. The van der Waals surface area contributed by atoms with Crippen LogP contribution in [0.15, 0.2) is 77.6 Å². The molecule has 134 valence electrons. The number of rotatable bonds is 4. The van der Waals surface area contributed by atoms with Crippen LogP contribution in [0.3, 0.4) is 0 Å². The Balaban J connectivity index is 1.69. The summed E-state index contributed by atoms with van der Waals surface area (Å²) in [5.74, 6) is -0.338. The molecule has 0 atom stereocenters. The van der Waals surface area contributed by atoms with E-state index in [9.17, 15) is 9.59 Å². The first kappa shape index (κ1) is 17.0. The van der Waals surface area contributed by atoms with Crippen molar-refractivity contribution in [2.75, 3.05) is 0 Å². The van der Waals surface area contributed by atoms with Crippen molar-refractivity contribution < 1.29 is 9.53 Å². The van der Waals surface area contributed by atoms with E-state index in [1.54, 1.807) is 12.1 Å². The van der Waals surface area contributed by atoms with E-state index in [2.05, 4.69) is 0 Å². The minimum absolute atomic E-state index is 0.0226. The number of pyridine rings is 1. The molecule has 4 aromatic rings. The minimum Gasteiger partial charge on any atom is -0.459 e. The molecule has 0 aliphatic carbocycles. The molecule has 0 spiro atoms. The summed E-state index contributed by atoms with van der Waals surface area (Å²) in [4.78, 5) is 25.3. The maximum atomic E-state index is 12.7. The van der Waals surface area contributed by atoms with Crippen LogP contribution in [0.4, 0.5) is 0 Å². The van der Waals surface area contributed by atoms with Gasteiger partial charge in [-0.2, -0.15) is 0 Å². The van der Waals surface area contributed by atoms with Crippen LogP contribution in [-0.4, -0.2) is 10.5 Å². The predicted molar refractivity (Wildman–Crippen MR) is 107 cm³/mol. The number of aromatic nitrogens is 1. The van der Waals surface area contributed by atoms with Gasteiger partial charge in [-0.15, -0.1) is 0 Å². The Hall–Kier alpha value is -3.40. The first-order valence-electron chi connectivity index (χ1n) is 8.85. The molecule has 0 aliphatic heterocycles. The Morgan fingerprint density at radius 1 is 0.889 bits per heavy atom. The van der Waals surface area contributed by atoms with Crippen molar-refractivity contribution in [2.45, 2.75) is 20.1 Å². The molecule has 0 fully saturated rings. The fourth-order valence-electron chi connectivity index (χ4n) is 3.39. The van der Waals surface area contributed by atoms with Crippen LogP contribution in [0.5, 0.6) is 0 Å². The molecule has 0 bridgehead atoms. The molecule has 4 nitrogen and oxygen atoms in total. The molecule has 0 unspecified atom stereocenters. The highest BCUT2D eigenvalue weighted by atomic mass is 16.5. The van der Waals surface area contributed by atoms with Crippen LogP contribution >= 0.6 is 0 Å². The van der Waals surface area contributed by atoms with Crippen LogP contribution in [-0.2, 0) is 22.7 Å². The lowest BCUT2D eigenvalue weighted by atomic mass is 10.1. The van der Waals surface area contributed by atoms with E-state index in [0.29, 0.717) is 10.8 Å². The van der Waals surface area contributed by atoms with Gasteiger partial charge in [-0.05, 0) is 36.8 Å². The fourth-order valence-corrected chi connectivity index (χ4v) is 3.39. The number of hydrogen-bond acceptors (Lipinski definition) is 3. The van der Waals surface area contributed by atoms with Crippen molar-refractivity contribution in [1.29, 1.82) is 0 Å². The molecular formula is C23H19NO3. The van der Waals surface area contributed by atoms with Crippen molar-refractivity contribution in [3.63, 3.8) is 0 Å². The van der Waals surface area contributed by atoms with Gasteiger partial charge in [0.25, 0.3) is 0 Å². The zero-order chi connectivity index (χ0) is 18.8. The molecule has 27 heavy (non-hydrogen) atoms. The summed E-state index contributed by atoms with van der Waals surface area (Å²) in [6, 6.07) is 22.6. The van der Waals surface area contributed by atoms with Gasteiger partial charge in [0.05, 0.1) is 11.0 Å². The van der Waals surface area contributed by atoms with Crippen LogP contribution < -0.4 is 5.43 Å². The molecule has 3 aromatic carbocycles. The van der Waals surface area contributed by atoms with Gasteiger partial charge in [-0.3, -0.25) is 9.59 Å². The van der Waals surface area contributed by atoms with Crippen LogP contribution in [0, 0.1) is 6.92 Å². The summed E-state index contributed by atoms with van der Waals surface area (Å²) >= 11 is 0. The Bertz CT molecular complexity index is 1150. The summed E-state index contributed by atoms with van der Waals surface area (Å²) in [5, 5.41) is 1.20. The van der Waals surface area contributed by atoms with E-state index in [1.807, 2.05) is 72.2 Å². The average Bonchev–Trinajstić information content (AvgIpc) is 2.70. The van der Waals surface area contributed by atoms with E-state index in [4.69, 9.17) is 4.74 Å². The molecule has 0 radical (unpaired) electrons. The van der Waals surface area contributed by atoms with Gasteiger partial charge in [0.2, 0.25) is 0 Å². The highest BCUT2D eigenvalue weighted by molar-refractivity contribution is 5.94. The van der Waals surface area contributed by atoms with Crippen molar-refractivity contribution in [1.82, 2.24) is 4.57 Å². The second kappa shape index (κ2) is 7.08. The van der Waals surface area contributed by atoms with E-state index in [1.165, 1.54) is 0 Å². The van der Waals surface area contributed by atoms with E-state index < -0.39 is 0 Å². The topological polar surface area (TPSA) is 48.3 Å². The third kappa shape index (κ3) is 3.34. The van der Waals surface area contributed by atoms with Gasteiger partial charge in [0, 0.05) is 10.8 Å². The summed E-state index contributed by atoms with van der Waals surface area (Å²) < 4.78 is 7.33. The maximum absolute atomic E-state index is 12.7. The normalized spacial score (nSPS) is 11.0. The Morgan fingerprint density at radius 3 is 2.15 bits per heavy atom. The SMILES string of the molecule is Cc1cccc(COC(=O)Cn2c3ccccc3c(=O)c3ccccc32)c1. The molecule has 0 N–H and O–H groups in total. The molecule has 0 saturated heterocycles. The molecule has 4 rings (SSSR count). The van der Waals surface area contributed by atoms with Crippen molar-refractivity contribution >= 4 is 27.8 Å². The minimum atomic E-state index is -0.338. The third-order valence-corrected chi connectivity index (χ3v) is 4.65. The Kier molecular flexibility index (Phi) is 4.47. The highest BCUT2D eigenvalue weighted by Gasteiger charge is 2.13. The van der Waals surface area contributed by atoms with E-state index in [-0.39, 0.29) is 24.5 Å². The summed E-state index contributed by atoms with van der Waals surface area (Å²) in [6.45, 7) is 2.29. The lowest BCUT2D eigenvalue weighted by Crippen LogP contribution is -2.18. The zero-order valence-electron chi connectivity index (χ0n) is 15.0. The molecule has 0 saturated carbocycles. The number of ether oxygens (including phenoxy) is 1. The predicted octanol–water partition coefficient (Wildman–Crippen LogP) is 4.21. The molecule has 4 heteroatoms. The zero-order valence-corrected chi connectivity index (χ0v) is 15.0. The number of esters is 1. The summed E-state index contributed by atoms with van der Waals surface area (Å²) in [6.07, 6.45) is 0. The lowest BCUT2D eigenvalue weighted by molar-refractivity contribution is -0.145. The first-order valence-corrected chi connectivity index (χ1v) is 8.85. The quantitative estimate of drug-likeness (QED) is 0.406. The molecular weight excluding hydrogens is 338 g/mol. The number of nitrogens with zero attached hydrogens (tertiary/aromatic N) is 1. The smallest absolute Gasteiger partial charge is 0.326 e. The van der Waals surface area contributed by atoms with Crippen molar-refractivity contribution in [3.8, 4) is 0 Å². The summed E-state index contributed by atoms with van der Waals surface area (Å²) in [5.41, 5.74) is 3.52. The number of aryl methyl sites for hydroxylation is 1. The number of benzene rings is 3. The number of para-hydroxylation sites is 2. The number of carbonyl (C=O) groups is 1. The average molecular weight is 357 g/mol. The summed E-state index contributed by atoms with van der Waals surface area (Å²) in [7, 11) is 0. The second-order valence-electron chi connectivity index (χ2n) is 6.60. The maximum Gasteiger partial charge on any atom is 0.326 e. The van der Waals surface area contributed by atoms with E-state index in [0.717, 1.165) is 22.2 Å². The second-order valence-corrected chi connectivity index (χ2v) is 6.60. The first-order chi connectivity index (χ1) is 13.1. The van der Waals surface area contributed by atoms with Gasteiger partial charge >= 0.3 is 5.97 Å². The fraction of sp³-hybridized carbons (Fsp3) is 0.130. The number of fused-ring (bicyclic) bond motifs is 2. The standard InChI is InChI=1S/C23H19NO3/c1-16-7-6-8-17(13-16)15-27-22(25)14-24-20-11-4-2-9-18(20)23(26)19-10-3-5-12-21(19)24/h2-13H,14-15H2,1H3. The van der Waals surface area contributed by atoms with Crippen LogP contribution in [0.25, 0.3) is 21.8 Å². The van der Waals surface area contributed by atoms with Crippen molar-refractivity contribution in [2.24, 2.45) is 0 Å². The highest BCUT2D eigenvalue weighted by Crippen LogP contribution is 2.19. The molecule has 0 amide bonds. The van der Waals surface area contributed by atoms with Gasteiger partial charge in [-0.25, -0.2) is 0 Å². The van der Waals surface area contributed by atoms with Crippen LogP contribution in [0.1, 0.15) is 11.1 Å². The Labute approximate surface area is 156 Å². The lowest BCUT2D eigenvalue weighted by Gasteiger charge is -2.14.